The van der Waals surface area contributed by atoms with Gasteiger partial charge in [0.1, 0.15) is 0 Å². The van der Waals surface area contributed by atoms with E-state index < -0.39 is 0 Å². The lowest BCUT2D eigenvalue weighted by Crippen LogP contribution is -2.44. The maximum atomic E-state index is 12.9. The number of ether oxygens (including phenoxy) is 1. The molecule has 3 heterocycles. The fourth-order valence-corrected chi connectivity index (χ4v) is 4.52. The second-order valence-corrected chi connectivity index (χ2v) is 8.60. The predicted molar refractivity (Wildman–Crippen MR) is 119 cm³/mol. The van der Waals surface area contributed by atoms with Crippen LogP contribution >= 0.6 is 0 Å². The number of piperidine rings is 1. The lowest BCUT2D eigenvalue weighted by Gasteiger charge is -2.35. The van der Waals surface area contributed by atoms with Gasteiger partial charge >= 0.3 is 0 Å². The molecular formula is C24H32N4O2. The maximum Gasteiger partial charge on any atom is 0.253 e. The molecular weight excluding hydrogens is 376 g/mol. The molecule has 2 aromatic rings. The van der Waals surface area contributed by atoms with Crippen LogP contribution in [0.5, 0.6) is 0 Å². The number of benzene rings is 1. The molecule has 0 radical (unpaired) electrons. The number of morpholine rings is 1. The molecule has 1 amide bonds. The van der Waals surface area contributed by atoms with Crippen LogP contribution in [0.1, 0.15) is 42.6 Å². The molecule has 2 saturated heterocycles. The Balaban J connectivity index is 1.28. The first-order valence-electron chi connectivity index (χ1n) is 11.0. The van der Waals surface area contributed by atoms with Gasteiger partial charge in [0.05, 0.1) is 17.9 Å². The first-order valence-corrected chi connectivity index (χ1v) is 11.0. The highest BCUT2D eigenvalue weighted by atomic mass is 16.5. The van der Waals surface area contributed by atoms with E-state index in [-0.39, 0.29) is 18.1 Å². The molecule has 1 aromatic carbocycles. The summed E-state index contributed by atoms with van der Waals surface area (Å²) < 4.78 is 5.81. The van der Waals surface area contributed by atoms with Crippen LogP contribution < -0.4 is 5.32 Å². The third-order valence-corrected chi connectivity index (χ3v) is 5.92. The fourth-order valence-electron chi connectivity index (χ4n) is 4.52. The molecule has 4 rings (SSSR count). The summed E-state index contributed by atoms with van der Waals surface area (Å²) in [6, 6.07) is 12.5. The highest BCUT2D eigenvalue weighted by molar-refractivity contribution is 5.94. The van der Waals surface area contributed by atoms with E-state index in [0.717, 1.165) is 56.8 Å². The first-order chi connectivity index (χ1) is 14.6. The Bertz CT molecular complexity index is 809. The molecule has 1 aromatic heterocycles. The van der Waals surface area contributed by atoms with Gasteiger partial charge in [-0.25, -0.2) is 0 Å². The van der Waals surface area contributed by atoms with E-state index in [9.17, 15) is 4.79 Å². The van der Waals surface area contributed by atoms with Crippen molar-refractivity contribution in [1.82, 2.24) is 14.8 Å². The molecule has 0 unspecified atom stereocenters. The van der Waals surface area contributed by atoms with Gasteiger partial charge in [-0.05, 0) is 56.5 Å². The van der Waals surface area contributed by atoms with Gasteiger partial charge in [0.25, 0.3) is 5.91 Å². The van der Waals surface area contributed by atoms with Gasteiger partial charge in [-0.15, -0.1) is 0 Å². The van der Waals surface area contributed by atoms with Crippen molar-refractivity contribution in [1.29, 1.82) is 0 Å². The van der Waals surface area contributed by atoms with Gasteiger partial charge in [-0.3, -0.25) is 14.7 Å². The number of amides is 1. The molecule has 2 aliphatic rings. The van der Waals surface area contributed by atoms with Crippen LogP contribution in [0.25, 0.3) is 0 Å². The van der Waals surface area contributed by atoms with E-state index >= 15 is 0 Å². The normalized spacial score (nSPS) is 23.3. The molecule has 0 spiro atoms. The summed E-state index contributed by atoms with van der Waals surface area (Å²) in [5.74, 6) is 0.134. The van der Waals surface area contributed by atoms with Gasteiger partial charge in [-0.2, -0.15) is 0 Å². The number of hydrogen-bond donors (Lipinski definition) is 1. The number of hydrogen-bond acceptors (Lipinski definition) is 5. The topological polar surface area (TPSA) is 57.7 Å². The second kappa shape index (κ2) is 9.58. The SMILES string of the molecule is C[C@@H]1CN(Cc2ccc(C(=O)N3CCC(Nc4cccnc4)CC3)cc2)C[C@H](C)O1. The zero-order chi connectivity index (χ0) is 20.9. The number of nitrogens with one attached hydrogen (secondary N) is 1. The van der Waals surface area contributed by atoms with Gasteiger partial charge in [0.15, 0.2) is 0 Å². The van der Waals surface area contributed by atoms with Crippen LogP contribution in [0.2, 0.25) is 0 Å². The minimum atomic E-state index is 0.134. The standard InChI is InChI=1S/C24H32N4O2/c1-18-15-27(16-19(2)30-18)17-20-5-7-21(8-6-20)24(29)28-12-9-22(10-13-28)26-23-4-3-11-25-14-23/h3-8,11,14,18-19,22,26H,9-10,12-13,15-17H2,1-2H3/t18-,19+. The molecule has 6 heteroatoms. The number of rotatable bonds is 5. The number of nitrogens with zero attached hydrogens (tertiary/aromatic N) is 3. The molecule has 0 aliphatic carbocycles. The van der Waals surface area contributed by atoms with Crippen molar-refractivity contribution in [2.45, 2.75) is 51.5 Å². The molecule has 160 valence electrons. The monoisotopic (exact) mass is 408 g/mol. The quantitative estimate of drug-likeness (QED) is 0.822. The van der Waals surface area contributed by atoms with E-state index in [2.05, 4.69) is 41.2 Å². The Morgan fingerprint density at radius 1 is 1.10 bits per heavy atom. The third-order valence-electron chi connectivity index (χ3n) is 5.92. The number of pyridine rings is 1. The van der Waals surface area contributed by atoms with Gasteiger partial charge in [0.2, 0.25) is 0 Å². The molecule has 1 N–H and O–H groups in total. The van der Waals surface area contributed by atoms with Crippen molar-refractivity contribution in [3.8, 4) is 0 Å². The number of likely N-dealkylation sites (tertiary alicyclic amines) is 1. The van der Waals surface area contributed by atoms with Crippen LogP contribution in [-0.2, 0) is 11.3 Å². The van der Waals surface area contributed by atoms with Crippen molar-refractivity contribution < 1.29 is 9.53 Å². The average molecular weight is 409 g/mol. The Morgan fingerprint density at radius 2 is 1.80 bits per heavy atom. The van der Waals surface area contributed by atoms with Gasteiger partial charge in [-0.1, -0.05) is 12.1 Å². The molecule has 2 fully saturated rings. The minimum Gasteiger partial charge on any atom is -0.381 e. The van der Waals surface area contributed by atoms with Crippen molar-refractivity contribution >= 4 is 11.6 Å². The zero-order valence-electron chi connectivity index (χ0n) is 18.0. The van der Waals surface area contributed by atoms with Gasteiger partial charge in [0, 0.05) is 56.7 Å². The molecule has 6 nitrogen and oxygen atoms in total. The third kappa shape index (κ3) is 5.37. The predicted octanol–water partition coefficient (Wildman–Crippen LogP) is 3.41. The summed E-state index contributed by atoms with van der Waals surface area (Å²) in [4.78, 5) is 21.5. The molecule has 0 bridgehead atoms. The molecule has 2 aliphatic heterocycles. The Hall–Kier alpha value is -2.44. The van der Waals surface area contributed by atoms with Crippen LogP contribution in [-0.4, -0.2) is 65.1 Å². The Morgan fingerprint density at radius 3 is 2.43 bits per heavy atom. The number of anilines is 1. The van der Waals surface area contributed by atoms with E-state index in [1.165, 1.54) is 5.56 Å². The Labute approximate surface area is 179 Å². The maximum absolute atomic E-state index is 12.9. The summed E-state index contributed by atoms with van der Waals surface area (Å²) in [5, 5.41) is 3.52. The summed E-state index contributed by atoms with van der Waals surface area (Å²) in [5.41, 5.74) is 3.07. The van der Waals surface area contributed by atoms with E-state index in [4.69, 9.17) is 4.74 Å². The van der Waals surface area contributed by atoms with Gasteiger partial charge < -0.3 is 15.0 Å². The van der Waals surface area contributed by atoms with E-state index in [0.29, 0.717) is 6.04 Å². The first kappa shape index (κ1) is 20.8. The molecule has 30 heavy (non-hydrogen) atoms. The average Bonchev–Trinajstić information content (AvgIpc) is 2.74. The lowest BCUT2D eigenvalue weighted by atomic mass is 10.0. The molecule has 0 saturated carbocycles. The van der Waals surface area contributed by atoms with Crippen molar-refractivity contribution in [2.24, 2.45) is 0 Å². The van der Waals surface area contributed by atoms with Crippen LogP contribution in [0.15, 0.2) is 48.8 Å². The number of carbonyl (C=O) groups is 1. The van der Waals surface area contributed by atoms with E-state index in [1.54, 1.807) is 6.20 Å². The van der Waals surface area contributed by atoms with Crippen molar-refractivity contribution in [3.05, 3.63) is 59.9 Å². The largest absolute Gasteiger partial charge is 0.381 e. The second-order valence-electron chi connectivity index (χ2n) is 8.60. The van der Waals surface area contributed by atoms with Crippen molar-refractivity contribution in [3.63, 3.8) is 0 Å². The molecule has 2 atom stereocenters. The summed E-state index contributed by atoms with van der Waals surface area (Å²) in [6.07, 6.45) is 6.06. The lowest BCUT2D eigenvalue weighted by molar-refractivity contribution is -0.0704. The van der Waals surface area contributed by atoms with Crippen LogP contribution in [0, 0.1) is 0 Å². The number of aromatic nitrogens is 1. The zero-order valence-corrected chi connectivity index (χ0v) is 18.0. The summed E-state index contributed by atoms with van der Waals surface area (Å²) in [6.45, 7) is 8.61. The summed E-state index contributed by atoms with van der Waals surface area (Å²) >= 11 is 0. The fraction of sp³-hybridized carbons (Fsp3) is 0.500. The van der Waals surface area contributed by atoms with E-state index in [1.807, 2.05) is 35.4 Å². The number of carbonyl (C=O) groups excluding carboxylic acids is 1. The van der Waals surface area contributed by atoms with Crippen LogP contribution in [0.3, 0.4) is 0 Å². The highest BCUT2D eigenvalue weighted by Gasteiger charge is 2.24. The smallest absolute Gasteiger partial charge is 0.253 e. The van der Waals surface area contributed by atoms with Crippen molar-refractivity contribution in [2.75, 3.05) is 31.5 Å². The van der Waals surface area contributed by atoms with Crippen LogP contribution in [0.4, 0.5) is 5.69 Å². The highest BCUT2D eigenvalue weighted by Crippen LogP contribution is 2.19. The summed E-state index contributed by atoms with van der Waals surface area (Å²) in [7, 11) is 0. The Kier molecular flexibility index (Phi) is 6.65. The minimum absolute atomic E-state index is 0.134.